The normalized spacial score (nSPS) is 29.1. The van der Waals surface area contributed by atoms with Crippen molar-refractivity contribution in [1.29, 1.82) is 0 Å². The van der Waals surface area contributed by atoms with Crippen molar-refractivity contribution in [1.82, 2.24) is 20.9 Å². The number of likely N-dealkylation sites (tertiary alicyclic amines) is 1. The van der Waals surface area contributed by atoms with Gasteiger partial charge >= 0.3 is 0 Å². The smallest absolute Gasteiger partial charge is 0.00387 e. The van der Waals surface area contributed by atoms with Crippen LogP contribution in [0, 0.1) is 11.8 Å². The molecule has 0 saturated carbocycles. The van der Waals surface area contributed by atoms with Gasteiger partial charge in [0, 0.05) is 6.04 Å². The van der Waals surface area contributed by atoms with Crippen LogP contribution in [0.4, 0.5) is 0 Å². The van der Waals surface area contributed by atoms with Crippen LogP contribution in [-0.2, 0) is 0 Å². The second-order valence-corrected chi connectivity index (χ2v) is 9.60. The molecule has 0 aromatic rings. The maximum Gasteiger partial charge on any atom is 0.00387 e. The summed E-state index contributed by atoms with van der Waals surface area (Å²) in [7, 11) is 2.19. The summed E-state index contributed by atoms with van der Waals surface area (Å²) in [6, 6.07) is 0.786. The summed E-state index contributed by atoms with van der Waals surface area (Å²) in [6.45, 7) is 15.7. The van der Waals surface area contributed by atoms with Gasteiger partial charge in [0.15, 0.2) is 0 Å². The molecule has 4 heterocycles. The lowest BCUT2D eigenvalue weighted by Crippen LogP contribution is -2.30. The van der Waals surface area contributed by atoms with Crippen molar-refractivity contribution >= 4 is 0 Å². The Bertz CT molecular complexity index is 249. The first-order valence-electron chi connectivity index (χ1n) is 12.4. The molecule has 0 amide bonds. The standard InChI is InChI=1S/4C6H13N/c1-6-2-4-7-5-3-6;1-6-3-2-4-7-5-6;1-7-5-3-2-4-6-7;1-6-4-2-3-5-7-6/h2*6-7H,2-5H2,1H3;2-6H2,1H3;6-7H,2-5H2,1H3/t;6-;;6-/m.0.0/s1. The van der Waals surface area contributed by atoms with Crippen LogP contribution >= 0.6 is 0 Å². The number of hydrogen-bond acceptors (Lipinski definition) is 4. The first-order chi connectivity index (χ1) is 13.6. The van der Waals surface area contributed by atoms with Crippen molar-refractivity contribution in [2.45, 2.75) is 91.0 Å². The van der Waals surface area contributed by atoms with Crippen molar-refractivity contribution in [2.24, 2.45) is 11.8 Å². The van der Waals surface area contributed by atoms with Gasteiger partial charge in [-0.2, -0.15) is 0 Å². The molecule has 0 unspecified atom stereocenters. The molecule has 0 radical (unpaired) electrons. The van der Waals surface area contributed by atoms with E-state index in [2.05, 4.69) is 48.7 Å². The van der Waals surface area contributed by atoms with Crippen molar-refractivity contribution in [3.05, 3.63) is 0 Å². The molecular weight excluding hydrogens is 344 g/mol. The summed E-state index contributed by atoms with van der Waals surface area (Å²) in [4.78, 5) is 2.39. The van der Waals surface area contributed by atoms with Crippen molar-refractivity contribution in [3.63, 3.8) is 0 Å². The second-order valence-electron chi connectivity index (χ2n) is 9.60. The molecule has 4 nitrogen and oxygen atoms in total. The third-order valence-electron chi connectivity index (χ3n) is 6.31. The summed E-state index contributed by atoms with van der Waals surface area (Å²) in [5, 5.41) is 10.0. The number of rotatable bonds is 0. The summed E-state index contributed by atoms with van der Waals surface area (Å²) >= 11 is 0. The van der Waals surface area contributed by atoms with Crippen LogP contribution in [0.15, 0.2) is 0 Å². The van der Waals surface area contributed by atoms with Gasteiger partial charge < -0.3 is 20.9 Å². The number of nitrogens with one attached hydrogen (secondary N) is 3. The second kappa shape index (κ2) is 17.7. The molecule has 0 aromatic heterocycles. The highest BCUT2D eigenvalue weighted by molar-refractivity contribution is 4.66. The third-order valence-corrected chi connectivity index (χ3v) is 6.31. The Morgan fingerprint density at radius 2 is 1.32 bits per heavy atom. The first-order valence-corrected chi connectivity index (χ1v) is 12.4. The largest absolute Gasteiger partial charge is 0.317 e. The van der Waals surface area contributed by atoms with E-state index in [1.165, 1.54) is 110 Å². The van der Waals surface area contributed by atoms with E-state index >= 15 is 0 Å². The lowest BCUT2D eigenvalue weighted by molar-refractivity contribution is 0.277. The highest BCUT2D eigenvalue weighted by atomic mass is 15.1. The van der Waals surface area contributed by atoms with Gasteiger partial charge in [-0.1, -0.05) is 26.7 Å². The Balaban J connectivity index is 0.000000187. The van der Waals surface area contributed by atoms with Gasteiger partial charge in [-0.3, -0.25) is 0 Å². The summed E-state index contributed by atoms with van der Waals surface area (Å²) in [5.41, 5.74) is 0. The van der Waals surface area contributed by atoms with E-state index in [9.17, 15) is 0 Å². The zero-order valence-electron chi connectivity index (χ0n) is 19.7. The molecule has 4 rings (SSSR count). The van der Waals surface area contributed by atoms with Gasteiger partial charge in [-0.15, -0.1) is 0 Å². The van der Waals surface area contributed by atoms with E-state index in [-0.39, 0.29) is 0 Å². The minimum atomic E-state index is 0.786. The molecule has 4 heteroatoms. The zero-order valence-corrected chi connectivity index (χ0v) is 19.7. The van der Waals surface area contributed by atoms with E-state index in [0.717, 1.165) is 17.9 Å². The molecule has 4 aliphatic heterocycles. The molecule has 2 atom stereocenters. The van der Waals surface area contributed by atoms with Crippen LogP contribution < -0.4 is 16.0 Å². The predicted octanol–water partition coefficient (Wildman–Crippen LogP) is 4.26. The molecule has 4 fully saturated rings. The summed E-state index contributed by atoms with van der Waals surface area (Å²) in [5.74, 6) is 1.90. The summed E-state index contributed by atoms with van der Waals surface area (Å²) < 4.78 is 0. The van der Waals surface area contributed by atoms with Crippen LogP contribution in [0.5, 0.6) is 0 Å². The van der Waals surface area contributed by atoms with E-state index in [0.29, 0.717) is 0 Å². The van der Waals surface area contributed by atoms with Crippen molar-refractivity contribution < 1.29 is 0 Å². The van der Waals surface area contributed by atoms with Crippen LogP contribution in [0.1, 0.15) is 85.0 Å². The van der Waals surface area contributed by atoms with Crippen LogP contribution in [0.25, 0.3) is 0 Å². The molecule has 4 aliphatic rings. The van der Waals surface area contributed by atoms with Gasteiger partial charge in [-0.05, 0) is 123 Å². The summed E-state index contributed by atoms with van der Waals surface area (Å²) in [6.07, 6.45) is 14.0. The molecule has 4 saturated heterocycles. The van der Waals surface area contributed by atoms with Crippen LogP contribution in [0.2, 0.25) is 0 Å². The zero-order chi connectivity index (χ0) is 20.5. The van der Waals surface area contributed by atoms with Gasteiger partial charge in [0.1, 0.15) is 0 Å². The maximum atomic E-state index is 3.38. The topological polar surface area (TPSA) is 39.3 Å². The number of hydrogen-bond donors (Lipinski definition) is 3. The Morgan fingerprint density at radius 3 is 1.61 bits per heavy atom. The minimum absolute atomic E-state index is 0.786. The minimum Gasteiger partial charge on any atom is -0.317 e. The average molecular weight is 397 g/mol. The lowest BCUT2D eigenvalue weighted by atomic mass is 10.0. The van der Waals surface area contributed by atoms with Gasteiger partial charge in [0.2, 0.25) is 0 Å². The SMILES string of the molecule is CC1CCNCC1.CN1CCCCC1.C[C@H]1CCCCN1.C[C@H]1CCCNC1. The Morgan fingerprint density at radius 1 is 0.607 bits per heavy atom. The average Bonchev–Trinajstić information content (AvgIpc) is 2.72. The molecule has 0 bridgehead atoms. The number of nitrogens with zero attached hydrogens (tertiary/aromatic N) is 1. The quantitative estimate of drug-likeness (QED) is 0.572. The van der Waals surface area contributed by atoms with Crippen molar-refractivity contribution in [3.8, 4) is 0 Å². The molecule has 0 spiro atoms. The van der Waals surface area contributed by atoms with Crippen LogP contribution in [-0.4, -0.2) is 63.8 Å². The van der Waals surface area contributed by atoms with Gasteiger partial charge in [-0.25, -0.2) is 0 Å². The fraction of sp³-hybridized carbons (Fsp3) is 1.00. The number of piperidine rings is 4. The highest BCUT2D eigenvalue weighted by Gasteiger charge is 2.06. The fourth-order valence-corrected chi connectivity index (χ4v) is 4.07. The van der Waals surface area contributed by atoms with E-state index in [4.69, 9.17) is 0 Å². The van der Waals surface area contributed by atoms with E-state index < -0.39 is 0 Å². The highest BCUT2D eigenvalue weighted by Crippen LogP contribution is 2.08. The van der Waals surface area contributed by atoms with E-state index in [1.54, 1.807) is 0 Å². The first kappa shape index (κ1) is 25.9. The fourth-order valence-electron chi connectivity index (χ4n) is 4.07. The predicted molar refractivity (Wildman–Crippen MR) is 125 cm³/mol. The van der Waals surface area contributed by atoms with Gasteiger partial charge in [0.25, 0.3) is 0 Å². The monoisotopic (exact) mass is 396 g/mol. The Hall–Kier alpha value is -0.160. The molecular formula is C24H52N4. The lowest BCUT2D eigenvalue weighted by Gasteiger charge is -2.20. The molecule has 0 aliphatic carbocycles. The Labute approximate surface area is 177 Å². The Kier molecular flexibility index (Phi) is 16.3. The third kappa shape index (κ3) is 15.7. The van der Waals surface area contributed by atoms with Crippen LogP contribution in [0.3, 0.4) is 0 Å². The van der Waals surface area contributed by atoms with E-state index in [1.807, 2.05) is 0 Å². The molecule has 3 N–H and O–H groups in total. The van der Waals surface area contributed by atoms with Gasteiger partial charge in [0.05, 0.1) is 0 Å². The molecule has 28 heavy (non-hydrogen) atoms. The maximum absolute atomic E-state index is 3.38. The molecule has 168 valence electrons. The molecule has 0 aromatic carbocycles. The van der Waals surface area contributed by atoms with Crippen molar-refractivity contribution in [2.75, 3.05) is 52.9 Å².